The maximum absolute atomic E-state index is 5.94. The first-order valence-corrected chi connectivity index (χ1v) is 9.29. The van der Waals surface area contributed by atoms with E-state index in [2.05, 4.69) is 40.5 Å². The molecule has 2 rings (SSSR count). The standard InChI is InChI=1S/C15H21ClN4S2.HI/c1-4-17-15(18-8-7-12-5-6-13(16)22-12)19-9-14-20-10(2)11(3)21-14;/h5-6H,4,7-9H2,1-3H3,(H2,17,18,19);1H. The molecule has 0 saturated carbocycles. The van der Waals surface area contributed by atoms with Gasteiger partial charge < -0.3 is 10.6 Å². The molecule has 0 aliphatic carbocycles. The van der Waals surface area contributed by atoms with Crippen molar-refractivity contribution in [1.29, 1.82) is 0 Å². The summed E-state index contributed by atoms with van der Waals surface area (Å²) in [5.41, 5.74) is 1.10. The molecule has 23 heavy (non-hydrogen) atoms. The predicted molar refractivity (Wildman–Crippen MR) is 113 cm³/mol. The molecule has 0 unspecified atom stereocenters. The molecule has 4 nitrogen and oxygen atoms in total. The molecule has 0 bridgehead atoms. The molecule has 0 saturated heterocycles. The maximum Gasteiger partial charge on any atom is 0.191 e. The average Bonchev–Trinajstić information content (AvgIpc) is 3.03. The summed E-state index contributed by atoms with van der Waals surface area (Å²) in [5, 5.41) is 7.66. The van der Waals surface area contributed by atoms with Crippen molar-refractivity contribution in [2.75, 3.05) is 13.1 Å². The van der Waals surface area contributed by atoms with Gasteiger partial charge in [-0.1, -0.05) is 11.6 Å². The summed E-state index contributed by atoms with van der Waals surface area (Å²) in [6.45, 7) is 8.48. The lowest BCUT2D eigenvalue weighted by Crippen LogP contribution is -2.38. The smallest absolute Gasteiger partial charge is 0.191 e. The van der Waals surface area contributed by atoms with Gasteiger partial charge >= 0.3 is 0 Å². The van der Waals surface area contributed by atoms with Crippen LogP contribution in [0.2, 0.25) is 4.34 Å². The second kappa shape index (κ2) is 10.5. The van der Waals surface area contributed by atoms with Gasteiger partial charge in [-0.25, -0.2) is 9.98 Å². The van der Waals surface area contributed by atoms with Crippen molar-refractivity contribution in [3.8, 4) is 0 Å². The molecule has 128 valence electrons. The third-order valence-electron chi connectivity index (χ3n) is 3.08. The number of thiazole rings is 1. The molecular formula is C15H22ClIN4S2. The summed E-state index contributed by atoms with van der Waals surface area (Å²) < 4.78 is 0.838. The topological polar surface area (TPSA) is 49.3 Å². The summed E-state index contributed by atoms with van der Waals surface area (Å²) in [6, 6.07) is 4.01. The largest absolute Gasteiger partial charge is 0.357 e. The van der Waals surface area contributed by atoms with Crippen LogP contribution in [-0.4, -0.2) is 24.0 Å². The second-order valence-electron chi connectivity index (χ2n) is 4.83. The number of aromatic nitrogens is 1. The molecule has 0 aliphatic heterocycles. The Morgan fingerprint density at radius 1 is 1.26 bits per heavy atom. The van der Waals surface area contributed by atoms with Crippen LogP contribution in [0.15, 0.2) is 17.1 Å². The molecule has 0 amide bonds. The average molecular weight is 485 g/mol. The Labute approximate surface area is 167 Å². The minimum atomic E-state index is 0. The van der Waals surface area contributed by atoms with Crippen molar-refractivity contribution in [2.24, 2.45) is 4.99 Å². The third-order valence-corrected chi connectivity index (χ3v) is 5.43. The summed E-state index contributed by atoms with van der Waals surface area (Å²) in [7, 11) is 0. The minimum Gasteiger partial charge on any atom is -0.357 e. The number of nitrogens with one attached hydrogen (secondary N) is 2. The van der Waals surface area contributed by atoms with Crippen molar-refractivity contribution in [3.05, 3.63) is 36.9 Å². The fraction of sp³-hybridized carbons (Fsp3) is 0.467. The Balaban J connectivity index is 0.00000264. The van der Waals surface area contributed by atoms with E-state index in [-0.39, 0.29) is 24.0 Å². The van der Waals surface area contributed by atoms with Crippen molar-refractivity contribution in [2.45, 2.75) is 33.7 Å². The van der Waals surface area contributed by atoms with E-state index in [0.29, 0.717) is 6.54 Å². The molecular weight excluding hydrogens is 463 g/mol. The van der Waals surface area contributed by atoms with E-state index in [1.165, 1.54) is 9.75 Å². The van der Waals surface area contributed by atoms with Crippen LogP contribution in [0.5, 0.6) is 0 Å². The van der Waals surface area contributed by atoms with Gasteiger partial charge in [-0.15, -0.1) is 46.7 Å². The molecule has 0 aliphatic rings. The number of halogens is 2. The molecule has 0 spiro atoms. The van der Waals surface area contributed by atoms with Crippen molar-refractivity contribution >= 4 is 64.2 Å². The Bertz CT molecular complexity index is 620. The lowest BCUT2D eigenvalue weighted by molar-refractivity contribution is 0.803. The zero-order chi connectivity index (χ0) is 15.9. The quantitative estimate of drug-likeness (QED) is 0.363. The molecule has 0 aromatic carbocycles. The van der Waals surface area contributed by atoms with Crippen LogP contribution >= 0.6 is 58.3 Å². The molecule has 0 atom stereocenters. The van der Waals surface area contributed by atoms with Crippen molar-refractivity contribution in [1.82, 2.24) is 15.6 Å². The lowest BCUT2D eigenvalue weighted by Gasteiger charge is -2.10. The number of hydrogen-bond acceptors (Lipinski definition) is 4. The highest BCUT2D eigenvalue weighted by Crippen LogP contribution is 2.21. The number of hydrogen-bond donors (Lipinski definition) is 2. The van der Waals surface area contributed by atoms with Gasteiger partial charge in [0.1, 0.15) is 5.01 Å². The summed E-state index contributed by atoms with van der Waals surface area (Å²) in [5.74, 6) is 0.829. The number of aryl methyl sites for hydroxylation is 2. The van der Waals surface area contributed by atoms with E-state index in [0.717, 1.165) is 40.5 Å². The van der Waals surface area contributed by atoms with E-state index < -0.39 is 0 Å². The van der Waals surface area contributed by atoms with E-state index in [4.69, 9.17) is 11.6 Å². The van der Waals surface area contributed by atoms with E-state index in [1.807, 2.05) is 13.0 Å². The molecule has 2 aromatic heterocycles. The highest BCUT2D eigenvalue weighted by Gasteiger charge is 2.04. The van der Waals surface area contributed by atoms with Gasteiger partial charge in [-0.3, -0.25) is 0 Å². The van der Waals surface area contributed by atoms with Gasteiger partial charge in [0, 0.05) is 22.8 Å². The SMILES string of the molecule is CCNC(=NCc1nc(C)c(C)s1)NCCc1ccc(Cl)s1.I. The van der Waals surface area contributed by atoms with E-state index in [9.17, 15) is 0 Å². The van der Waals surface area contributed by atoms with Crippen LogP contribution in [0.25, 0.3) is 0 Å². The first-order chi connectivity index (χ1) is 10.6. The Morgan fingerprint density at radius 3 is 2.61 bits per heavy atom. The summed E-state index contributed by atoms with van der Waals surface area (Å²) >= 11 is 9.28. The number of aliphatic imine (C=N–C) groups is 1. The normalized spacial score (nSPS) is 11.2. The fourth-order valence-corrected chi connectivity index (χ4v) is 3.83. The second-order valence-corrected chi connectivity index (χ2v) is 7.91. The van der Waals surface area contributed by atoms with Crippen molar-refractivity contribution in [3.63, 3.8) is 0 Å². The highest BCUT2D eigenvalue weighted by atomic mass is 127. The molecule has 8 heteroatoms. The molecule has 2 aromatic rings. The summed E-state index contributed by atoms with van der Waals surface area (Å²) in [6.07, 6.45) is 0.942. The van der Waals surface area contributed by atoms with Crippen LogP contribution < -0.4 is 10.6 Å². The number of rotatable bonds is 6. The number of thiophene rings is 1. The molecule has 2 heterocycles. The van der Waals surface area contributed by atoms with E-state index >= 15 is 0 Å². The third kappa shape index (κ3) is 6.94. The first kappa shape index (κ1) is 20.7. The molecule has 0 radical (unpaired) electrons. The Kier molecular flexibility index (Phi) is 9.41. The van der Waals surface area contributed by atoms with Gasteiger partial charge in [-0.2, -0.15) is 0 Å². The first-order valence-electron chi connectivity index (χ1n) is 7.27. The molecule has 2 N–H and O–H groups in total. The van der Waals surface area contributed by atoms with Crippen LogP contribution in [0, 0.1) is 13.8 Å². The summed E-state index contributed by atoms with van der Waals surface area (Å²) in [4.78, 5) is 11.6. The highest BCUT2D eigenvalue weighted by molar-refractivity contribution is 14.0. The monoisotopic (exact) mass is 484 g/mol. The van der Waals surface area contributed by atoms with Gasteiger partial charge in [0.25, 0.3) is 0 Å². The van der Waals surface area contributed by atoms with E-state index in [1.54, 1.807) is 22.7 Å². The lowest BCUT2D eigenvalue weighted by atomic mass is 10.3. The Morgan fingerprint density at radius 2 is 2.04 bits per heavy atom. The molecule has 0 fully saturated rings. The van der Waals surface area contributed by atoms with Crippen LogP contribution in [0.3, 0.4) is 0 Å². The number of nitrogens with zero attached hydrogens (tertiary/aromatic N) is 2. The Hall–Kier alpha value is -0.380. The van der Waals surface area contributed by atoms with Crippen molar-refractivity contribution < 1.29 is 0 Å². The van der Waals surface area contributed by atoms with Gasteiger partial charge in [0.05, 0.1) is 16.6 Å². The van der Waals surface area contributed by atoms with Crippen LogP contribution in [-0.2, 0) is 13.0 Å². The van der Waals surface area contributed by atoms with Crippen LogP contribution in [0.1, 0.15) is 27.4 Å². The van der Waals surface area contributed by atoms with Gasteiger partial charge in [-0.05, 0) is 39.3 Å². The number of guanidine groups is 1. The fourth-order valence-electron chi connectivity index (χ4n) is 1.89. The minimum absolute atomic E-state index is 0. The van der Waals surface area contributed by atoms with Crippen LogP contribution in [0.4, 0.5) is 0 Å². The predicted octanol–water partition coefficient (Wildman–Crippen LogP) is 4.39. The maximum atomic E-state index is 5.94. The zero-order valence-electron chi connectivity index (χ0n) is 13.5. The van der Waals surface area contributed by atoms with Gasteiger partial charge in [0.2, 0.25) is 0 Å². The zero-order valence-corrected chi connectivity index (χ0v) is 18.2. The van der Waals surface area contributed by atoms with Gasteiger partial charge in [0.15, 0.2) is 5.96 Å².